The Bertz CT molecular complexity index is 938. The van der Waals surface area contributed by atoms with E-state index in [1.807, 2.05) is 31.2 Å². The number of hydrogen-bond acceptors (Lipinski definition) is 3. The van der Waals surface area contributed by atoms with Gasteiger partial charge in [-0.15, -0.1) is 0 Å². The van der Waals surface area contributed by atoms with Gasteiger partial charge in [-0.05, 0) is 24.1 Å². The van der Waals surface area contributed by atoms with E-state index < -0.39 is 17.9 Å². The van der Waals surface area contributed by atoms with E-state index in [1.54, 1.807) is 11.0 Å². The Hall–Kier alpha value is -3.16. The maximum atomic E-state index is 12.6. The third-order valence-electron chi connectivity index (χ3n) is 4.23. The van der Waals surface area contributed by atoms with Crippen LogP contribution in [0, 0.1) is 12.3 Å². The van der Waals surface area contributed by atoms with Crippen LogP contribution in [-0.2, 0) is 17.9 Å². The summed E-state index contributed by atoms with van der Waals surface area (Å²) in [7, 11) is 0. The van der Waals surface area contributed by atoms with E-state index in [1.165, 1.54) is 17.4 Å². The molecule has 0 fully saturated rings. The first-order valence-corrected chi connectivity index (χ1v) is 8.10. The first-order valence-electron chi connectivity index (χ1n) is 8.10. The fourth-order valence-corrected chi connectivity index (χ4v) is 2.93. The van der Waals surface area contributed by atoms with Gasteiger partial charge in [-0.1, -0.05) is 42.0 Å². The highest BCUT2D eigenvalue weighted by molar-refractivity contribution is 6.09. The van der Waals surface area contributed by atoms with Gasteiger partial charge in [-0.25, -0.2) is 0 Å². The third-order valence-corrected chi connectivity index (χ3v) is 4.23. The molecular formula is C19H16F3N3O2. The van der Waals surface area contributed by atoms with Crippen LogP contribution in [0.3, 0.4) is 0 Å². The minimum atomic E-state index is -5.08. The van der Waals surface area contributed by atoms with Crippen molar-refractivity contribution < 1.29 is 22.8 Å². The summed E-state index contributed by atoms with van der Waals surface area (Å²) in [5.74, 6) is -3.19. The normalized spacial score (nSPS) is 13.5. The summed E-state index contributed by atoms with van der Waals surface area (Å²) in [5.41, 5.74) is 3.14. The predicted octanol–water partition coefficient (Wildman–Crippen LogP) is 3.15. The molecule has 0 saturated heterocycles. The van der Waals surface area contributed by atoms with E-state index in [2.05, 4.69) is 0 Å². The summed E-state index contributed by atoms with van der Waals surface area (Å²) in [4.78, 5) is 25.2. The zero-order valence-electron chi connectivity index (χ0n) is 14.4. The monoisotopic (exact) mass is 375 g/mol. The minimum Gasteiger partial charge on any atom is -0.330 e. The van der Waals surface area contributed by atoms with Crippen LogP contribution in [-0.4, -0.2) is 28.7 Å². The molecule has 2 aromatic rings. The first kappa shape index (κ1) is 18.6. The van der Waals surface area contributed by atoms with Gasteiger partial charge in [0.05, 0.1) is 0 Å². The lowest BCUT2D eigenvalue weighted by Crippen LogP contribution is -2.40. The quantitative estimate of drug-likeness (QED) is 0.639. The molecule has 1 aliphatic heterocycles. The van der Waals surface area contributed by atoms with Gasteiger partial charge in [0.25, 0.3) is 5.91 Å². The molecular weight excluding hydrogens is 359 g/mol. The van der Waals surface area contributed by atoms with Crippen molar-refractivity contribution in [2.75, 3.05) is 0 Å². The molecule has 0 spiro atoms. The number of rotatable bonds is 3. The Morgan fingerprint density at radius 1 is 1.22 bits per heavy atom. The minimum absolute atomic E-state index is 0.0390. The molecule has 5 nitrogen and oxygen atoms in total. The molecule has 0 aliphatic carbocycles. The second kappa shape index (κ2) is 6.86. The molecule has 1 aliphatic rings. The highest BCUT2D eigenvalue weighted by atomic mass is 19.4. The number of halogens is 3. The van der Waals surface area contributed by atoms with Gasteiger partial charge in [0.15, 0.2) is 0 Å². The molecule has 2 N–H and O–H groups in total. The second-order valence-corrected chi connectivity index (χ2v) is 6.35. The summed E-state index contributed by atoms with van der Waals surface area (Å²) in [6.45, 7) is 2.74. The summed E-state index contributed by atoms with van der Waals surface area (Å²) in [6, 6.07) is 12.1. The van der Waals surface area contributed by atoms with E-state index in [0.29, 0.717) is 18.7 Å². The van der Waals surface area contributed by atoms with Crippen molar-refractivity contribution in [1.29, 1.82) is 5.41 Å². The van der Waals surface area contributed by atoms with Gasteiger partial charge < -0.3 is 10.2 Å². The highest BCUT2D eigenvalue weighted by Crippen LogP contribution is 2.26. The molecule has 140 valence electrons. The zero-order chi connectivity index (χ0) is 19.8. The van der Waals surface area contributed by atoms with Crippen LogP contribution in [0.25, 0.3) is 0 Å². The van der Waals surface area contributed by atoms with Gasteiger partial charge in [-0.3, -0.25) is 15.0 Å². The Morgan fingerprint density at radius 2 is 1.96 bits per heavy atom. The first-order chi connectivity index (χ1) is 12.6. The number of benzene rings is 2. The molecule has 0 aromatic heterocycles. The van der Waals surface area contributed by atoms with Gasteiger partial charge in [0, 0.05) is 24.2 Å². The molecule has 0 atom stereocenters. The molecule has 2 amide bonds. The Morgan fingerprint density at radius 3 is 2.63 bits per heavy atom. The number of amides is 2. The van der Waals surface area contributed by atoms with Crippen molar-refractivity contribution in [2.45, 2.75) is 26.2 Å². The molecule has 2 aromatic carbocycles. The molecule has 27 heavy (non-hydrogen) atoms. The summed E-state index contributed by atoms with van der Waals surface area (Å²) < 4.78 is 37.0. The number of amidine groups is 1. The van der Waals surface area contributed by atoms with Crippen LogP contribution in [0.2, 0.25) is 0 Å². The number of nitrogens with one attached hydrogen (secondary N) is 2. The maximum Gasteiger partial charge on any atom is 0.471 e. The zero-order valence-corrected chi connectivity index (χ0v) is 14.4. The lowest BCUT2D eigenvalue weighted by atomic mass is 10.1. The van der Waals surface area contributed by atoms with E-state index in [0.717, 1.165) is 16.7 Å². The van der Waals surface area contributed by atoms with Crippen molar-refractivity contribution in [2.24, 2.45) is 0 Å². The van der Waals surface area contributed by atoms with Crippen molar-refractivity contribution in [3.63, 3.8) is 0 Å². The topological polar surface area (TPSA) is 73.3 Å². The van der Waals surface area contributed by atoms with Crippen molar-refractivity contribution in [1.82, 2.24) is 10.2 Å². The molecule has 0 radical (unpaired) electrons. The molecule has 3 rings (SSSR count). The summed E-state index contributed by atoms with van der Waals surface area (Å²) in [6.07, 6.45) is -5.08. The van der Waals surface area contributed by atoms with Crippen LogP contribution < -0.4 is 5.32 Å². The average Bonchev–Trinajstić information content (AvgIpc) is 2.89. The lowest BCUT2D eigenvalue weighted by Gasteiger charge is -2.15. The second-order valence-electron chi connectivity index (χ2n) is 6.35. The smallest absolute Gasteiger partial charge is 0.330 e. The average molecular weight is 375 g/mol. The van der Waals surface area contributed by atoms with Crippen molar-refractivity contribution in [3.8, 4) is 0 Å². The standard InChI is InChI=1S/C19H16F3N3O2/c1-11-3-2-4-12(7-11)9-25-10-14-6-5-13(8-15(14)17(25)26)16(23)24-18(27)19(20,21)22/h2-8H,9-10H2,1H3,(H2,23,24,27). The Balaban J connectivity index is 1.76. The maximum absolute atomic E-state index is 12.6. The van der Waals surface area contributed by atoms with E-state index in [-0.39, 0.29) is 11.5 Å². The SMILES string of the molecule is Cc1cccc(CN2Cc3ccc(C(=N)NC(=O)C(F)(F)F)cc3C2=O)c1. The molecule has 0 saturated carbocycles. The number of hydrogen-bond donors (Lipinski definition) is 2. The van der Waals surface area contributed by atoms with Crippen LogP contribution in [0.15, 0.2) is 42.5 Å². The van der Waals surface area contributed by atoms with Crippen LogP contribution in [0.1, 0.15) is 32.6 Å². The van der Waals surface area contributed by atoms with Crippen LogP contribution in [0.5, 0.6) is 0 Å². The van der Waals surface area contributed by atoms with Gasteiger partial charge in [-0.2, -0.15) is 13.2 Å². The van der Waals surface area contributed by atoms with Crippen LogP contribution >= 0.6 is 0 Å². The van der Waals surface area contributed by atoms with Gasteiger partial charge in [0.2, 0.25) is 0 Å². The molecule has 0 unspecified atom stereocenters. The highest BCUT2D eigenvalue weighted by Gasteiger charge is 2.39. The van der Waals surface area contributed by atoms with E-state index in [4.69, 9.17) is 5.41 Å². The fourth-order valence-electron chi connectivity index (χ4n) is 2.93. The van der Waals surface area contributed by atoms with Crippen molar-refractivity contribution in [3.05, 3.63) is 70.3 Å². The third kappa shape index (κ3) is 3.99. The van der Waals surface area contributed by atoms with Crippen LogP contribution in [0.4, 0.5) is 13.2 Å². The summed E-state index contributed by atoms with van der Waals surface area (Å²) >= 11 is 0. The number of carbonyl (C=O) groups excluding carboxylic acids is 2. The number of alkyl halides is 3. The lowest BCUT2D eigenvalue weighted by molar-refractivity contribution is -0.171. The van der Waals surface area contributed by atoms with Crippen molar-refractivity contribution >= 4 is 17.6 Å². The Labute approximate surface area is 153 Å². The van der Waals surface area contributed by atoms with Gasteiger partial charge >= 0.3 is 12.1 Å². The predicted molar refractivity (Wildman–Crippen MR) is 92.2 cm³/mol. The Kier molecular flexibility index (Phi) is 4.73. The van der Waals surface area contributed by atoms with E-state index in [9.17, 15) is 22.8 Å². The number of nitrogens with zero attached hydrogens (tertiary/aromatic N) is 1. The summed E-state index contributed by atoms with van der Waals surface area (Å²) in [5, 5.41) is 9.16. The number of aryl methyl sites for hydroxylation is 1. The van der Waals surface area contributed by atoms with E-state index >= 15 is 0 Å². The molecule has 0 bridgehead atoms. The largest absolute Gasteiger partial charge is 0.471 e. The molecule has 8 heteroatoms. The number of fused-ring (bicyclic) bond motifs is 1. The number of carbonyl (C=O) groups is 2. The fraction of sp³-hybridized carbons (Fsp3) is 0.211. The van der Waals surface area contributed by atoms with Gasteiger partial charge in [0.1, 0.15) is 5.84 Å². The molecule has 1 heterocycles.